The molecule has 4 heteroatoms. The Balaban J connectivity index is 1.54. The molecule has 2 fully saturated rings. The Morgan fingerprint density at radius 1 is 1.06 bits per heavy atom. The number of rotatable bonds is 8. The van der Waals surface area contributed by atoms with Crippen molar-refractivity contribution >= 4 is 17.9 Å². The van der Waals surface area contributed by atoms with Gasteiger partial charge in [0.05, 0.1) is 0 Å². The highest BCUT2D eigenvalue weighted by Crippen LogP contribution is 2.55. The summed E-state index contributed by atoms with van der Waals surface area (Å²) < 4.78 is 13.4. The third-order valence-electron chi connectivity index (χ3n) is 6.49. The highest BCUT2D eigenvalue weighted by atomic mass is 35.5. The smallest absolute Gasteiger partial charge is 0.170 e. The molecular formula is C28H29ClO3. The summed E-state index contributed by atoms with van der Waals surface area (Å²) in [5.41, 5.74) is 3.04. The minimum Gasteiger partial charge on any atom is -0.339 e. The molecule has 2 aromatic carbocycles. The van der Waals surface area contributed by atoms with Crippen LogP contribution < -0.4 is 0 Å². The lowest BCUT2D eigenvalue weighted by molar-refractivity contribution is -0.173. The predicted molar refractivity (Wildman–Crippen MR) is 128 cm³/mol. The molecule has 1 aliphatic heterocycles. The monoisotopic (exact) mass is 448 g/mol. The number of benzene rings is 2. The second-order valence-corrected chi connectivity index (χ2v) is 9.18. The molecule has 32 heavy (non-hydrogen) atoms. The summed E-state index contributed by atoms with van der Waals surface area (Å²) in [4.78, 5) is 11.8. The molecule has 0 radical (unpaired) electrons. The van der Waals surface area contributed by atoms with Crippen LogP contribution in [0.1, 0.15) is 49.0 Å². The van der Waals surface area contributed by atoms with E-state index < -0.39 is 5.79 Å². The average molecular weight is 449 g/mol. The van der Waals surface area contributed by atoms with E-state index in [1.807, 2.05) is 36.4 Å². The van der Waals surface area contributed by atoms with Gasteiger partial charge in [-0.25, -0.2) is 0 Å². The van der Waals surface area contributed by atoms with Gasteiger partial charge in [0, 0.05) is 23.8 Å². The van der Waals surface area contributed by atoms with E-state index in [1.165, 1.54) is 0 Å². The van der Waals surface area contributed by atoms with Crippen molar-refractivity contribution in [2.45, 2.75) is 43.7 Å². The van der Waals surface area contributed by atoms with Crippen LogP contribution in [0, 0.1) is 11.8 Å². The summed E-state index contributed by atoms with van der Waals surface area (Å²) >= 11 is 5.94. The number of hydrogen-bond donors (Lipinski definition) is 0. The van der Waals surface area contributed by atoms with E-state index in [2.05, 4.69) is 37.4 Å². The molecule has 0 amide bonds. The quantitative estimate of drug-likeness (QED) is 0.319. The normalized spacial score (nSPS) is 25.5. The van der Waals surface area contributed by atoms with Crippen molar-refractivity contribution in [3.63, 3.8) is 0 Å². The lowest BCUT2D eigenvalue weighted by Gasteiger charge is -2.24. The zero-order chi connectivity index (χ0) is 22.6. The summed E-state index contributed by atoms with van der Waals surface area (Å²) in [6, 6.07) is 20.5. The first-order valence-electron chi connectivity index (χ1n) is 11.1. The molecule has 1 spiro atoms. The molecule has 3 nitrogen and oxygen atoms in total. The van der Waals surface area contributed by atoms with Crippen molar-refractivity contribution < 1.29 is 14.3 Å². The van der Waals surface area contributed by atoms with Crippen LogP contribution in [0.25, 0.3) is 0 Å². The average Bonchev–Trinajstić information content (AvgIpc) is 3.40. The third kappa shape index (κ3) is 4.96. The maximum atomic E-state index is 11.8. The fraction of sp³-hybridized carbons (Fsp3) is 0.321. The van der Waals surface area contributed by atoms with E-state index in [1.54, 1.807) is 12.2 Å². The van der Waals surface area contributed by atoms with Gasteiger partial charge < -0.3 is 14.3 Å². The lowest BCUT2D eigenvalue weighted by Crippen LogP contribution is -2.27. The van der Waals surface area contributed by atoms with Crippen LogP contribution in [0.5, 0.6) is 0 Å². The maximum absolute atomic E-state index is 11.8. The molecule has 166 valence electrons. The van der Waals surface area contributed by atoms with Crippen LogP contribution >= 0.6 is 11.6 Å². The molecule has 0 N–H and O–H groups in total. The number of carbonyl (C=O) groups is 1. The Bertz CT molecular complexity index is 935. The molecule has 4 atom stereocenters. The summed E-state index contributed by atoms with van der Waals surface area (Å²) in [6.07, 6.45) is 7.29. The minimum absolute atomic E-state index is 0.164. The summed E-state index contributed by atoms with van der Waals surface area (Å²) in [5.74, 6) is -0.588. The number of ether oxygens (including phenoxy) is 2. The van der Waals surface area contributed by atoms with Gasteiger partial charge in [0.1, 0.15) is 18.5 Å². The van der Waals surface area contributed by atoms with Gasteiger partial charge in [-0.1, -0.05) is 91.5 Å². The number of carbonyl (C=O) groups excluding carboxylic acids is 1. The Morgan fingerprint density at radius 3 is 2.09 bits per heavy atom. The van der Waals surface area contributed by atoms with Crippen LogP contribution in [0.3, 0.4) is 0 Å². The van der Waals surface area contributed by atoms with Gasteiger partial charge >= 0.3 is 0 Å². The van der Waals surface area contributed by atoms with Crippen LogP contribution in [0.2, 0.25) is 0 Å². The number of aldehydes is 1. The molecule has 2 aliphatic rings. The van der Waals surface area contributed by atoms with Gasteiger partial charge in [-0.05, 0) is 41.5 Å². The molecule has 2 aromatic rings. The fourth-order valence-electron chi connectivity index (χ4n) is 5.00. The number of hydrogen-bond acceptors (Lipinski definition) is 3. The SMILES string of the molecule is C=C/C(=C\C(=C)Cl)C(C=O)C[C@H]1CCC2(C1)O[C@H](c1ccccc1)[C@@H](c1ccccc1)O2. The molecule has 1 saturated heterocycles. The van der Waals surface area contributed by atoms with Crippen LogP contribution in [-0.2, 0) is 14.3 Å². The maximum Gasteiger partial charge on any atom is 0.170 e. The summed E-state index contributed by atoms with van der Waals surface area (Å²) in [5, 5.41) is 0.397. The topological polar surface area (TPSA) is 35.5 Å². The van der Waals surface area contributed by atoms with E-state index in [4.69, 9.17) is 21.1 Å². The Morgan fingerprint density at radius 2 is 1.62 bits per heavy atom. The van der Waals surface area contributed by atoms with E-state index in [-0.39, 0.29) is 18.1 Å². The van der Waals surface area contributed by atoms with E-state index in [9.17, 15) is 4.79 Å². The molecule has 1 heterocycles. The van der Waals surface area contributed by atoms with E-state index in [0.717, 1.165) is 42.2 Å². The molecular weight excluding hydrogens is 420 g/mol. The minimum atomic E-state index is -0.632. The van der Waals surface area contributed by atoms with Crippen molar-refractivity contribution in [2.24, 2.45) is 11.8 Å². The van der Waals surface area contributed by atoms with Crippen molar-refractivity contribution in [1.29, 1.82) is 0 Å². The molecule has 1 aliphatic carbocycles. The van der Waals surface area contributed by atoms with Crippen molar-refractivity contribution in [3.8, 4) is 0 Å². The van der Waals surface area contributed by atoms with Crippen molar-refractivity contribution in [2.75, 3.05) is 0 Å². The molecule has 4 rings (SSSR count). The highest BCUT2D eigenvalue weighted by Gasteiger charge is 2.52. The summed E-state index contributed by atoms with van der Waals surface area (Å²) in [7, 11) is 0. The van der Waals surface area contributed by atoms with Crippen LogP contribution in [0.4, 0.5) is 0 Å². The van der Waals surface area contributed by atoms with Crippen molar-refractivity contribution in [3.05, 3.63) is 108 Å². The van der Waals surface area contributed by atoms with Gasteiger partial charge in [-0.3, -0.25) is 0 Å². The lowest BCUT2D eigenvalue weighted by atomic mass is 9.88. The van der Waals surface area contributed by atoms with Crippen molar-refractivity contribution in [1.82, 2.24) is 0 Å². The molecule has 1 saturated carbocycles. The van der Waals surface area contributed by atoms with Crippen LogP contribution in [-0.4, -0.2) is 12.1 Å². The van der Waals surface area contributed by atoms with E-state index >= 15 is 0 Å². The number of halogens is 1. The second kappa shape index (κ2) is 9.99. The molecule has 1 unspecified atom stereocenters. The van der Waals surface area contributed by atoms with Gasteiger partial charge in [0.2, 0.25) is 0 Å². The highest BCUT2D eigenvalue weighted by molar-refractivity contribution is 6.30. The van der Waals surface area contributed by atoms with E-state index in [0.29, 0.717) is 17.4 Å². The van der Waals surface area contributed by atoms with Gasteiger partial charge in [-0.15, -0.1) is 0 Å². The number of allylic oxidation sites excluding steroid dienone is 4. The largest absolute Gasteiger partial charge is 0.339 e. The van der Waals surface area contributed by atoms with Gasteiger partial charge in [0.15, 0.2) is 5.79 Å². The second-order valence-electron chi connectivity index (χ2n) is 8.69. The fourth-order valence-corrected chi connectivity index (χ4v) is 5.12. The van der Waals surface area contributed by atoms with Crippen LogP contribution in [0.15, 0.2) is 96.6 Å². The molecule has 0 aromatic heterocycles. The Hall–Kier alpha value is -2.46. The Labute approximate surface area is 195 Å². The first-order valence-corrected chi connectivity index (χ1v) is 11.5. The van der Waals surface area contributed by atoms with Gasteiger partial charge in [-0.2, -0.15) is 0 Å². The Kier molecular flexibility index (Phi) is 7.10. The standard InChI is InChI=1S/C28H29ClO3/c1-3-22(16-20(2)29)25(19-30)17-21-14-15-28(18-21)31-26(23-10-6-4-7-11-23)27(32-28)24-12-8-5-9-13-24/h3-13,16,19,21,25-27H,1-2,14-15,17-18H2/b22-16+/t21-,25?,26-,27-/m1/s1. The first-order chi connectivity index (χ1) is 15.5. The molecule has 0 bridgehead atoms. The zero-order valence-corrected chi connectivity index (χ0v) is 18.9. The predicted octanol–water partition coefficient (Wildman–Crippen LogP) is 7.08. The summed E-state index contributed by atoms with van der Waals surface area (Å²) in [6.45, 7) is 7.55. The van der Waals surface area contributed by atoms with Gasteiger partial charge in [0.25, 0.3) is 0 Å². The zero-order valence-electron chi connectivity index (χ0n) is 18.2. The third-order valence-corrected chi connectivity index (χ3v) is 6.60. The first kappa shape index (κ1) is 22.7.